The van der Waals surface area contributed by atoms with E-state index in [1.54, 1.807) is 6.07 Å². The van der Waals surface area contributed by atoms with Crippen molar-refractivity contribution >= 4 is 27.5 Å². The van der Waals surface area contributed by atoms with E-state index in [-0.39, 0.29) is 24.1 Å². The van der Waals surface area contributed by atoms with Crippen molar-refractivity contribution in [3.05, 3.63) is 62.5 Å². The smallest absolute Gasteiger partial charge is 0.368 e. The van der Waals surface area contributed by atoms with Crippen LogP contribution in [0.4, 0.5) is 13.2 Å². The zero-order valence-electron chi connectivity index (χ0n) is 19.0. The van der Waals surface area contributed by atoms with Gasteiger partial charge in [-0.15, -0.1) is 11.3 Å². The number of primary amides is 1. The summed E-state index contributed by atoms with van der Waals surface area (Å²) in [5.74, 6) is -0.0389. The van der Waals surface area contributed by atoms with E-state index in [1.165, 1.54) is 28.3 Å². The van der Waals surface area contributed by atoms with Crippen molar-refractivity contribution in [2.75, 3.05) is 0 Å². The van der Waals surface area contributed by atoms with Crippen LogP contribution in [0.5, 0.6) is 0 Å². The summed E-state index contributed by atoms with van der Waals surface area (Å²) in [6.07, 6.45) is -0.303. The fourth-order valence-electron chi connectivity index (χ4n) is 4.52. The van der Waals surface area contributed by atoms with Gasteiger partial charge in [-0.2, -0.15) is 13.2 Å². The molecule has 10 heteroatoms. The van der Waals surface area contributed by atoms with Gasteiger partial charge in [-0.25, -0.2) is 4.98 Å². The first-order valence-electron chi connectivity index (χ1n) is 11.2. The molecule has 0 fully saturated rings. The van der Waals surface area contributed by atoms with E-state index in [2.05, 4.69) is 10.3 Å². The molecule has 2 heterocycles. The lowest BCUT2D eigenvalue weighted by molar-refractivity contribution is -0.137. The highest BCUT2D eigenvalue weighted by Crippen LogP contribution is 2.34. The van der Waals surface area contributed by atoms with Crippen molar-refractivity contribution in [3.8, 4) is 0 Å². The average molecular weight is 493 g/mol. The summed E-state index contributed by atoms with van der Waals surface area (Å²) in [5, 5.41) is 3.93. The van der Waals surface area contributed by atoms with E-state index in [0.29, 0.717) is 41.0 Å². The molecule has 3 aromatic rings. The van der Waals surface area contributed by atoms with Crippen LogP contribution in [0.15, 0.2) is 35.4 Å². The highest BCUT2D eigenvalue weighted by Gasteiger charge is 2.31. The number of aryl methyl sites for hydroxylation is 1. The van der Waals surface area contributed by atoms with E-state index in [9.17, 15) is 22.8 Å². The lowest BCUT2D eigenvalue weighted by Crippen LogP contribution is -2.48. The van der Waals surface area contributed by atoms with Gasteiger partial charge in [-0.3, -0.25) is 14.2 Å². The molecule has 0 saturated heterocycles. The van der Waals surface area contributed by atoms with Crippen LogP contribution in [0.25, 0.3) is 10.2 Å². The van der Waals surface area contributed by atoms with Crippen LogP contribution < -0.4 is 16.6 Å². The normalized spacial score (nSPS) is 17.2. The van der Waals surface area contributed by atoms with Crippen LogP contribution >= 0.6 is 11.3 Å². The molecule has 4 rings (SSSR count). The number of nitrogens with zero attached hydrogens (tertiary/aromatic N) is 2. The maximum Gasteiger partial charge on any atom is 0.416 e. The van der Waals surface area contributed by atoms with Gasteiger partial charge in [-0.1, -0.05) is 26.0 Å². The fraction of sp³-hybridized carbons (Fsp3) is 0.458. The Kier molecular flexibility index (Phi) is 6.82. The molecule has 3 N–H and O–H groups in total. The summed E-state index contributed by atoms with van der Waals surface area (Å²) in [7, 11) is 0. The van der Waals surface area contributed by atoms with Crippen LogP contribution in [0, 0.1) is 5.92 Å². The number of carbonyl (C=O) groups excluding carboxylic acids is 1. The molecule has 1 amide bonds. The van der Waals surface area contributed by atoms with Gasteiger partial charge in [0, 0.05) is 10.9 Å². The zero-order valence-corrected chi connectivity index (χ0v) is 19.8. The summed E-state index contributed by atoms with van der Waals surface area (Å²) < 4.78 is 40.5. The molecule has 0 bridgehead atoms. The van der Waals surface area contributed by atoms with Crippen molar-refractivity contribution < 1.29 is 18.0 Å². The summed E-state index contributed by atoms with van der Waals surface area (Å²) >= 11 is 1.46. The minimum Gasteiger partial charge on any atom is -0.368 e. The van der Waals surface area contributed by atoms with Crippen molar-refractivity contribution in [3.63, 3.8) is 0 Å². The number of hydrogen-bond donors (Lipinski definition) is 2. The lowest BCUT2D eigenvalue weighted by atomic mass is 9.91. The molecule has 0 aliphatic heterocycles. The number of thiophene rings is 1. The van der Waals surface area contributed by atoms with Crippen LogP contribution in [-0.4, -0.2) is 27.5 Å². The molecule has 2 atom stereocenters. The molecule has 0 saturated carbocycles. The van der Waals surface area contributed by atoms with Gasteiger partial charge in [0.25, 0.3) is 5.56 Å². The van der Waals surface area contributed by atoms with Gasteiger partial charge in [0.2, 0.25) is 5.91 Å². The lowest BCUT2D eigenvalue weighted by Gasteiger charge is -2.28. The molecule has 1 aliphatic rings. The Balaban J connectivity index is 1.58. The first kappa shape index (κ1) is 24.4. The molecule has 2 aromatic heterocycles. The monoisotopic (exact) mass is 492 g/mol. The average Bonchev–Trinajstić information content (AvgIpc) is 3.13. The van der Waals surface area contributed by atoms with Crippen molar-refractivity contribution in [2.45, 2.75) is 64.3 Å². The van der Waals surface area contributed by atoms with Crippen molar-refractivity contribution in [1.29, 1.82) is 0 Å². The van der Waals surface area contributed by atoms with E-state index in [0.717, 1.165) is 29.0 Å². The standard InChI is InChI=1S/C24H27F3N4O2S/c1-13(2)8-18(21(28)32)30-16-6-7-17-19(10-16)34-22-20(17)23(33)31(12-29-22)11-14-4-3-5-15(9-14)24(25,26)27/h3-5,9,12-13,16,18,30H,6-8,10-11H2,1-2H3,(H2,28,32)/t16-,18-/m0/s1. The predicted molar refractivity (Wildman–Crippen MR) is 126 cm³/mol. The predicted octanol–water partition coefficient (Wildman–Crippen LogP) is 3.87. The fourth-order valence-corrected chi connectivity index (χ4v) is 5.78. The van der Waals surface area contributed by atoms with Gasteiger partial charge in [0.1, 0.15) is 4.83 Å². The minimum atomic E-state index is -4.44. The number of nitrogens with one attached hydrogen (secondary N) is 1. The van der Waals surface area contributed by atoms with Gasteiger partial charge in [0.15, 0.2) is 0 Å². The Morgan fingerprint density at radius 2 is 2.12 bits per heavy atom. The second kappa shape index (κ2) is 9.50. The zero-order chi connectivity index (χ0) is 24.6. The molecule has 6 nitrogen and oxygen atoms in total. The molecule has 0 spiro atoms. The van der Waals surface area contributed by atoms with Crippen molar-refractivity contribution in [1.82, 2.24) is 14.9 Å². The highest BCUT2D eigenvalue weighted by atomic mass is 32.1. The Labute approximate surface area is 199 Å². The topological polar surface area (TPSA) is 90.0 Å². The molecule has 34 heavy (non-hydrogen) atoms. The maximum absolute atomic E-state index is 13.2. The number of hydrogen-bond acceptors (Lipinski definition) is 5. The summed E-state index contributed by atoms with van der Waals surface area (Å²) in [6, 6.07) is 4.65. The number of carbonyl (C=O) groups is 1. The number of benzene rings is 1. The minimum absolute atomic E-state index is 0.00991. The number of fused-ring (bicyclic) bond motifs is 3. The Hall–Kier alpha value is -2.72. The summed E-state index contributed by atoms with van der Waals surface area (Å²) in [5.41, 5.74) is 5.92. The van der Waals surface area contributed by atoms with Gasteiger partial charge in [-0.05, 0) is 54.9 Å². The number of nitrogens with two attached hydrogens (primary N) is 1. The molecule has 182 valence electrons. The van der Waals surface area contributed by atoms with Crippen molar-refractivity contribution in [2.24, 2.45) is 11.7 Å². The van der Waals surface area contributed by atoms with Crippen LogP contribution in [0.2, 0.25) is 0 Å². The SMILES string of the molecule is CC(C)C[C@H](N[C@H]1CCc2c(sc3ncn(Cc4cccc(C(F)(F)F)c4)c(=O)c23)C1)C(N)=O. The van der Waals surface area contributed by atoms with Crippen LogP contribution in [0.1, 0.15) is 48.3 Å². The third kappa shape index (κ3) is 5.17. The first-order chi connectivity index (χ1) is 16.0. The number of alkyl halides is 3. The van der Waals surface area contributed by atoms with E-state index < -0.39 is 17.8 Å². The summed E-state index contributed by atoms with van der Waals surface area (Å²) in [6.45, 7) is 4.09. The molecule has 1 aromatic carbocycles. The third-order valence-electron chi connectivity index (χ3n) is 6.13. The Bertz CT molecular complexity index is 1270. The van der Waals surface area contributed by atoms with E-state index in [4.69, 9.17) is 5.73 Å². The molecule has 0 radical (unpaired) electrons. The number of amides is 1. The second-order valence-electron chi connectivity index (χ2n) is 9.25. The molecule has 0 unspecified atom stereocenters. The molecule has 1 aliphatic carbocycles. The second-order valence-corrected chi connectivity index (χ2v) is 10.3. The van der Waals surface area contributed by atoms with E-state index >= 15 is 0 Å². The summed E-state index contributed by atoms with van der Waals surface area (Å²) in [4.78, 5) is 31.2. The van der Waals surface area contributed by atoms with E-state index in [1.807, 2.05) is 13.8 Å². The molecular weight excluding hydrogens is 465 g/mol. The third-order valence-corrected chi connectivity index (χ3v) is 7.29. The van der Waals surface area contributed by atoms with Gasteiger partial charge in [0.05, 0.1) is 29.9 Å². The first-order valence-corrected chi connectivity index (χ1v) is 12.1. The van der Waals surface area contributed by atoms with Crippen LogP contribution in [-0.2, 0) is 30.4 Å². The quantitative estimate of drug-likeness (QED) is 0.524. The van der Waals surface area contributed by atoms with Crippen LogP contribution in [0.3, 0.4) is 0 Å². The largest absolute Gasteiger partial charge is 0.416 e. The Morgan fingerprint density at radius 3 is 2.79 bits per heavy atom. The Morgan fingerprint density at radius 1 is 1.35 bits per heavy atom. The molecular formula is C24H27F3N4O2S. The number of rotatable bonds is 7. The number of aromatic nitrogens is 2. The van der Waals surface area contributed by atoms with Gasteiger partial charge < -0.3 is 11.1 Å². The maximum atomic E-state index is 13.2. The number of halogens is 3. The highest BCUT2D eigenvalue weighted by molar-refractivity contribution is 7.18. The van der Waals surface area contributed by atoms with Gasteiger partial charge >= 0.3 is 6.18 Å².